The lowest BCUT2D eigenvalue weighted by atomic mass is 9.94. The van der Waals surface area contributed by atoms with Gasteiger partial charge in [0.05, 0.1) is 0 Å². The average Bonchev–Trinajstić information content (AvgIpc) is 2.71. The topological polar surface area (TPSA) is 66.0 Å². The maximum absolute atomic E-state index is 12.9. The van der Waals surface area contributed by atoms with Crippen molar-refractivity contribution in [2.24, 2.45) is 5.92 Å². The lowest BCUT2D eigenvalue weighted by Crippen LogP contribution is -2.38. The van der Waals surface area contributed by atoms with Crippen molar-refractivity contribution >= 4 is 5.91 Å². The van der Waals surface area contributed by atoms with Gasteiger partial charge in [-0.05, 0) is 75.0 Å². The largest absolute Gasteiger partial charge is 0.350 e. The Labute approximate surface area is 162 Å². The molecule has 1 aliphatic rings. The van der Waals surface area contributed by atoms with Crippen LogP contribution in [0.5, 0.6) is 0 Å². The van der Waals surface area contributed by atoms with Crippen LogP contribution in [-0.4, -0.2) is 30.5 Å². The Morgan fingerprint density at radius 2 is 2.00 bits per heavy atom. The second-order valence-electron chi connectivity index (χ2n) is 7.36. The van der Waals surface area contributed by atoms with E-state index in [0.29, 0.717) is 6.54 Å². The van der Waals surface area contributed by atoms with E-state index in [1.165, 1.54) is 18.4 Å². The Morgan fingerprint density at radius 3 is 2.74 bits per heavy atom. The van der Waals surface area contributed by atoms with Crippen LogP contribution in [0.25, 0.3) is 0 Å². The normalized spacial score (nSPS) is 16.0. The summed E-state index contributed by atoms with van der Waals surface area (Å²) in [6, 6.07) is 11.7. The molecule has 2 heterocycles. The Bertz CT molecular complexity index is 713. The number of nitrogens with one attached hydrogen (secondary N) is 3. The summed E-state index contributed by atoms with van der Waals surface area (Å²) >= 11 is 0. The fourth-order valence-corrected chi connectivity index (χ4v) is 3.61. The molecule has 3 N–H and O–H groups in total. The van der Waals surface area contributed by atoms with Crippen LogP contribution in [0.15, 0.2) is 48.8 Å². The minimum atomic E-state index is -0.326. The van der Waals surface area contributed by atoms with Crippen molar-refractivity contribution in [3.05, 3.63) is 65.5 Å². The van der Waals surface area contributed by atoms with E-state index in [4.69, 9.17) is 0 Å². The Hall–Kier alpha value is -2.24. The first-order chi connectivity index (χ1) is 13.2. The fraction of sp³-hybridized carbons (Fsp3) is 0.455. The van der Waals surface area contributed by atoms with Gasteiger partial charge in [0, 0.05) is 18.9 Å². The number of carbonyl (C=O) groups is 1. The zero-order chi connectivity index (χ0) is 18.9. The lowest BCUT2D eigenvalue weighted by molar-refractivity contribution is -0.123. The van der Waals surface area contributed by atoms with E-state index in [-0.39, 0.29) is 11.9 Å². The van der Waals surface area contributed by atoms with Crippen LogP contribution in [0.2, 0.25) is 0 Å². The van der Waals surface area contributed by atoms with Gasteiger partial charge >= 0.3 is 0 Å². The quantitative estimate of drug-likeness (QED) is 0.672. The molecule has 1 fully saturated rings. The first kappa shape index (κ1) is 19.5. The molecule has 1 aromatic carbocycles. The average molecular weight is 367 g/mol. The number of aryl methyl sites for hydroxylation is 1. The monoisotopic (exact) mass is 366 g/mol. The molecule has 0 spiro atoms. The van der Waals surface area contributed by atoms with Crippen molar-refractivity contribution in [1.29, 1.82) is 0 Å². The molecule has 0 aliphatic carbocycles. The number of rotatable bonds is 8. The summed E-state index contributed by atoms with van der Waals surface area (Å²) in [5.74, 6) is 0.763. The van der Waals surface area contributed by atoms with E-state index in [0.717, 1.165) is 43.1 Å². The third kappa shape index (κ3) is 6.15. The molecule has 144 valence electrons. The highest BCUT2D eigenvalue weighted by Crippen LogP contribution is 2.18. The fourth-order valence-electron chi connectivity index (χ4n) is 3.61. The summed E-state index contributed by atoms with van der Waals surface area (Å²) in [5, 5.41) is 9.98. The standard InChI is InChI=1S/C22H30N4O/c1-17-3-2-4-20(15-17)21(25-14-9-18-5-10-23-11-6-18)22(27)26-16-19-7-12-24-13-8-19/h2-4,7-8,12-13,15,18,21,23,25H,5-6,9-11,14,16H2,1H3,(H,26,27). The second kappa shape index (κ2) is 10.2. The lowest BCUT2D eigenvalue weighted by Gasteiger charge is -2.24. The van der Waals surface area contributed by atoms with Crippen LogP contribution >= 0.6 is 0 Å². The van der Waals surface area contributed by atoms with E-state index in [1.807, 2.05) is 24.3 Å². The van der Waals surface area contributed by atoms with Crippen molar-refractivity contribution in [2.45, 2.75) is 38.8 Å². The van der Waals surface area contributed by atoms with Crippen LogP contribution in [0.4, 0.5) is 0 Å². The molecule has 0 bridgehead atoms. The molecule has 1 aliphatic heterocycles. The molecule has 1 amide bonds. The van der Waals surface area contributed by atoms with Crippen LogP contribution < -0.4 is 16.0 Å². The molecule has 1 atom stereocenters. The maximum atomic E-state index is 12.9. The molecular weight excluding hydrogens is 336 g/mol. The Morgan fingerprint density at radius 1 is 1.22 bits per heavy atom. The van der Waals surface area contributed by atoms with E-state index in [9.17, 15) is 4.79 Å². The van der Waals surface area contributed by atoms with Gasteiger partial charge < -0.3 is 16.0 Å². The van der Waals surface area contributed by atoms with Crippen LogP contribution in [0.1, 0.15) is 42.0 Å². The number of benzene rings is 1. The maximum Gasteiger partial charge on any atom is 0.242 e. The van der Waals surface area contributed by atoms with Crippen LogP contribution in [0.3, 0.4) is 0 Å². The second-order valence-corrected chi connectivity index (χ2v) is 7.36. The van der Waals surface area contributed by atoms with Crippen molar-refractivity contribution in [1.82, 2.24) is 20.9 Å². The number of carbonyl (C=O) groups excluding carboxylic acids is 1. The van der Waals surface area contributed by atoms with Crippen LogP contribution in [-0.2, 0) is 11.3 Å². The number of nitrogens with zero attached hydrogens (tertiary/aromatic N) is 1. The van der Waals surface area contributed by atoms with E-state index >= 15 is 0 Å². The molecule has 5 heteroatoms. The number of pyridine rings is 1. The van der Waals surface area contributed by atoms with Gasteiger partial charge in [-0.3, -0.25) is 9.78 Å². The van der Waals surface area contributed by atoms with Gasteiger partial charge in [-0.1, -0.05) is 29.8 Å². The van der Waals surface area contributed by atoms with Crippen molar-refractivity contribution < 1.29 is 4.79 Å². The van der Waals surface area contributed by atoms with Gasteiger partial charge in [0.25, 0.3) is 0 Å². The SMILES string of the molecule is Cc1cccc(C(NCCC2CCNCC2)C(=O)NCc2ccncc2)c1. The Kier molecular flexibility index (Phi) is 7.36. The number of hydrogen-bond donors (Lipinski definition) is 3. The van der Waals surface area contributed by atoms with Gasteiger partial charge in [-0.15, -0.1) is 0 Å². The van der Waals surface area contributed by atoms with Crippen molar-refractivity contribution in [3.63, 3.8) is 0 Å². The highest BCUT2D eigenvalue weighted by Gasteiger charge is 2.21. The zero-order valence-corrected chi connectivity index (χ0v) is 16.1. The summed E-state index contributed by atoms with van der Waals surface area (Å²) in [4.78, 5) is 16.9. The molecule has 27 heavy (non-hydrogen) atoms. The van der Waals surface area contributed by atoms with Crippen molar-refractivity contribution in [2.75, 3.05) is 19.6 Å². The van der Waals surface area contributed by atoms with Gasteiger partial charge in [-0.25, -0.2) is 0 Å². The molecule has 1 unspecified atom stereocenters. The molecule has 0 radical (unpaired) electrons. The third-order valence-electron chi connectivity index (χ3n) is 5.21. The Balaban J connectivity index is 1.60. The van der Waals surface area contributed by atoms with Gasteiger partial charge in [0.2, 0.25) is 5.91 Å². The van der Waals surface area contributed by atoms with E-state index in [2.05, 4.69) is 40.0 Å². The molecule has 0 saturated carbocycles. The summed E-state index contributed by atoms with van der Waals surface area (Å²) in [7, 11) is 0. The minimum absolute atomic E-state index is 0.0164. The summed E-state index contributed by atoms with van der Waals surface area (Å²) in [5.41, 5.74) is 3.24. The highest BCUT2D eigenvalue weighted by atomic mass is 16.2. The molecular formula is C22H30N4O. The number of hydrogen-bond acceptors (Lipinski definition) is 4. The number of amides is 1. The zero-order valence-electron chi connectivity index (χ0n) is 16.1. The van der Waals surface area contributed by atoms with Gasteiger partial charge in [0.15, 0.2) is 0 Å². The van der Waals surface area contributed by atoms with E-state index < -0.39 is 0 Å². The van der Waals surface area contributed by atoms with Gasteiger partial charge in [-0.2, -0.15) is 0 Å². The summed E-state index contributed by atoms with van der Waals surface area (Å²) in [6.07, 6.45) is 7.06. The van der Waals surface area contributed by atoms with Crippen molar-refractivity contribution in [3.8, 4) is 0 Å². The molecule has 1 saturated heterocycles. The predicted octanol–water partition coefficient (Wildman–Crippen LogP) is 2.73. The van der Waals surface area contributed by atoms with E-state index in [1.54, 1.807) is 12.4 Å². The molecule has 2 aromatic rings. The molecule has 5 nitrogen and oxygen atoms in total. The van der Waals surface area contributed by atoms with Crippen LogP contribution in [0, 0.1) is 12.8 Å². The predicted molar refractivity (Wildman–Crippen MR) is 108 cm³/mol. The first-order valence-corrected chi connectivity index (χ1v) is 9.89. The van der Waals surface area contributed by atoms with Gasteiger partial charge in [0.1, 0.15) is 6.04 Å². The minimum Gasteiger partial charge on any atom is -0.350 e. The number of aromatic nitrogens is 1. The number of piperidine rings is 1. The molecule has 3 rings (SSSR count). The molecule has 1 aromatic heterocycles. The summed E-state index contributed by atoms with van der Waals surface area (Å²) < 4.78 is 0. The summed E-state index contributed by atoms with van der Waals surface area (Å²) in [6.45, 7) is 5.65. The highest BCUT2D eigenvalue weighted by molar-refractivity contribution is 5.83. The third-order valence-corrected chi connectivity index (χ3v) is 5.21. The smallest absolute Gasteiger partial charge is 0.242 e. The first-order valence-electron chi connectivity index (χ1n) is 9.89.